The summed E-state index contributed by atoms with van der Waals surface area (Å²) >= 11 is 25.6. The molecule has 0 heterocycles. The summed E-state index contributed by atoms with van der Waals surface area (Å²) in [6.07, 6.45) is 0.804. The van der Waals surface area contributed by atoms with Crippen molar-refractivity contribution in [3.8, 4) is 0 Å². The molecule has 0 radical (unpaired) electrons. The maximum absolute atomic E-state index is 13.1. The number of benzene rings is 2. The number of halogens is 4. The van der Waals surface area contributed by atoms with Crippen LogP contribution >= 0.6 is 58.2 Å². The zero-order chi connectivity index (χ0) is 23.8. The number of carbonyl (C=O) groups is 2. The van der Waals surface area contributed by atoms with Gasteiger partial charge in [-0.1, -0.05) is 65.5 Å². The number of nitrogens with one attached hydrogen (secondary N) is 1. The molecule has 9 heteroatoms. The minimum absolute atomic E-state index is 0.0240. The normalized spacial score (nSPS) is 12.8. The second kappa shape index (κ2) is 13.0. The lowest BCUT2D eigenvalue weighted by atomic mass is 10.1. The molecule has 2 aromatic carbocycles. The quantitative estimate of drug-likeness (QED) is 0.361. The average molecular weight is 536 g/mol. The number of hydrogen-bond acceptors (Lipinski definition) is 3. The van der Waals surface area contributed by atoms with E-state index in [1.165, 1.54) is 11.8 Å². The van der Waals surface area contributed by atoms with Crippen LogP contribution in [0.5, 0.6) is 0 Å². The molecule has 2 atom stereocenters. The molecule has 2 aromatic rings. The summed E-state index contributed by atoms with van der Waals surface area (Å²) in [4.78, 5) is 27.4. The SMILES string of the molecule is CCC(C)NC(=O)C(C)N(Cc1ccc(Cl)c(Cl)c1)C(=O)CSCc1ccc(Cl)c(Cl)c1. The van der Waals surface area contributed by atoms with Crippen LogP contribution in [0, 0.1) is 0 Å². The molecule has 174 valence electrons. The third-order valence-electron chi connectivity index (χ3n) is 4.98. The van der Waals surface area contributed by atoms with Gasteiger partial charge < -0.3 is 10.2 Å². The molecule has 0 aliphatic heterocycles. The Labute approximate surface area is 213 Å². The van der Waals surface area contributed by atoms with E-state index in [9.17, 15) is 9.59 Å². The van der Waals surface area contributed by atoms with Crippen molar-refractivity contribution >= 4 is 70.0 Å². The standard InChI is InChI=1S/C23H26Cl4N2O2S/c1-4-14(2)28-23(31)15(3)29(11-16-5-7-18(24)20(26)9-16)22(30)13-32-12-17-6-8-19(25)21(27)10-17/h5-10,14-15H,4,11-13H2,1-3H3,(H,28,31). The first-order chi connectivity index (χ1) is 15.1. The van der Waals surface area contributed by atoms with E-state index in [4.69, 9.17) is 46.4 Å². The van der Waals surface area contributed by atoms with Crippen LogP contribution in [0.15, 0.2) is 36.4 Å². The van der Waals surface area contributed by atoms with Crippen molar-refractivity contribution in [3.05, 3.63) is 67.6 Å². The fraction of sp³-hybridized carbons (Fsp3) is 0.391. The monoisotopic (exact) mass is 534 g/mol. The van der Waals surface area contributed by atoms with Crippen molar-refractivity contribution < 1.29 is 9.59 Å². The Balaban J connectivity index is 2.12. The summed E-state index contributed by atoms with van der Waals surface area (Å²) in [5.74, 6) is 0.467. The highest BCUT2D eigenvalue weighted by molar-refractivity contribution is 7.99. The van der Waals surface area contributed by atoms with Crippen molar-refractivity contribution in [2.24, 2.45) is 0 Å². The second-order valence-corrected chi connectivity index (χ2v) is 10.1. The van der Waals surface area contributed by atoms with Gasteiger partial charge in [-0.2, -0.15) is 0 Å². The molecular weight excluding hydrogens is 510 g/mol. The minimum atomic E-state index is -0.642. The molecule has 0 aromatic heterocycles. The Bertz CT molecular complexity index is 958. The van der Waals surface area contributed by atoms with E-state index in [0.717, 1.165) is 17.5 Å². The van der Waals surface area contributed by atoms with Gasteiger partial charge in [0.15, 0.2) is 0 Å². The number of amides is 2. The lowest BCUT2D eigenvalue weighted by Crippen LogP contribution is -2.50. The molecule has 2 rings (SSSR count). The van der Waals surface area contributed by atoms with E-state index in [-0.39, 0.29) is 30.2 Å². The molecular formula is C23H26Cl4N2O2S. The van der Waals surface area contributed by atoms with Gasteiger partial charge in [-0.25, -0.2) is 0 Å². The molecule has 0 aliphatic carbocycles. The predicted molar refractivity (Wildman–Crippen MR) is 137 cm³/mol. The maximum Gasteiger partial charge on any atom is 0.242 e. The van der Waals surface area contributed by atoms with Crippen LogP contribution in [0.3, 0.4) is 0 Å². The lowest BCUT2D eigenvalue weighted by molar-refractivity contribution is -0.138. The first-order valence-electron chi connectivity index (χ1n) is 10.2. The summed E-state index contributed by atoms with van der Waals surface area (Å²) in [5, 5.41) is 4.76. The number of nitrogens with zero attached hydrogens (tertiary/aromatic N) is 1. The zero-order valence-corrected chi connectivity index (χ0v) is 22.0. The Kier molecular flexibility index (Phi) is 11.0. The van der Waals surface area contributed by atoms with Gasteiger partial charge in [0.2, 0.25) is 11.8 Å². The van der Waals surface area contributed by atoms with Gasteiger partial charge in [0.1, 0.15) is 6.04 Å². The van der Waals surface area contributed by atoms with Crippen molar-refractivity contribution in [1.82, 2.24) is 10.2 Å². The first kappa shape index (κ1) is 27.1. The molecule has 32 heavy (non-hydrogen) atoms. The Morgan fingerprint density at radius 3 is 2.06 bits per heavy atom. The Morgan fingerprint density at radius 1 is 0.938 bits per heavy atom. The summed E-state index contributed by atoms with van der Waals surface area (Å²) < 4.78 is 0. The summed E-state index contributed by atoms with van der Waals surface area (Å²) in [7, 11) is 0. The third-order valence-corrected chi connectivity index (χ3v) is 7.45. The van der Waals surface area contributed by atoms with E-state index in [1.54, 1.807) is 42.2 Å². The summed E-state index contributed by atoms with van der Waals surface area (Å²) in [6.45, 7) is 5.91. The highest BCUT2D eigenvalue weighted by Crippen LogP contribution is 2.26. The molecule has 1 N–H and O–H groups in total. The van der Waals surface area contributed by atoms with Gasteiger partial charge in [-0.3, -0.25) is 9.59 Å². The molecule has 0 saturated heterocycles. The van der Waals surface area contributed by atoms with E-state index >= 15 is 0 Å². The lowest BCUT2D eigenvalue weighted by Gasteiger charge is -2.29. The van der Waals surface area contributed by atoms with Crippen molar-refractivity contribution in [1.29, 1.82) is 0 Å². The van der Waals surface area contributed by atoms with Crippen LogP contribution < -0.4 is 5.32 Å². The van der Waals surface area contributed by atoms with Crippen LogP contribution in [0.1, 0.15) is 38.3 Å². The molecule has 2 unspecified atom stereocenters. The smallest absolute Gasteiger partial charge is 0.242 e. The molecule has 4 nitrogen and oxygen atoms in total. The van der Waals surface area contributed by atoms with Crippen molar-refractivity contribution in [2.75, 3.05) is 5.75 Å². The highest BCUT2D eigenvalue weighted by atomic mass is 35.5. The maximum atomic E-state index is 13.1. The zero-order valence-electron chi connectivity index (χ0n) is 18.1. The largest absolute Gasteiger partial charge is 0.352 e. The molecule has 0 spiro atoms. The Hall–Kier alpha value is -1.11. The van der Waals surface area contributed by atoms with Crippen LogP contribution in [0.25, 0.3) is 0 Å². The topological polar surface area (TPSA) is 49.4 Å². The molecule has 2 amide bonds. The third kappa shape index (κ3) is 8.03. The highest BCUT2D eigenvalue weighted by Gasteiger charge is 2.26. The van der Waals surface area contributed by atoms with Gasteiger partial charge in [-0.15, -0.1) is 11.8 Å². The first-order valence-corrected chi connectivity index (χ1v) is 12.8. The van der Waals surface area contributed by atoms with E-state index in [0.29, 0.717) is 25.8 Å². The van der Waals surface area contributed by atoms with Crippen LogP contribution in [-0.4, -0.2) is 34.6 Å². The van der Waals surface area contributed by atoms with Crippen LogP contribution in [-0.2, 0) is 21.9 Å². The van der Waals surface area contributed by atoms with Crippen molar-refractivity contribution in [2.45, 2.75) is 51.6 Å². The number of carbonyl (C=O) groups excluding carboxylic acids is 2. The number of hydrogen-bond donors (Lipinski definition) is 1. The number of rotatable bonds is 10. The fourth-order valence-electron chi connectivity index (χ4n) is 2.85. The van der Waals surface area contributed by atoms with E-state index in [1.807, 2.05) is 19.9 Å². The van der Waals surface area contributed by atoms with E-state index < -0.39 is 6.04 Å². The number of thioether (sulfide) groups is 1. The van der Waals surface area contributed by atoms with Gasteiger partial charge >= 0.3 is 0 Å². The Morgan fingerprint density at radius 2 is 1.50 bits per heavy atom. The van der Waals surface area contributed by atoms with Crippen molar-refractivity contribution in [3.63, 3.8) is 0 Å². The van der Waals surface area contributed by atoms with Gasteiger partial charge in [-0.05, 0) is 55.7 Å². The fourth-order valence-corrected chi connectivity index (χ4v) is 4.35. The molecule has 0 aliphatic rings. The van der Waals surface area contributed by atoms with Gasteiger partial charge in [0, 0.05) is 18.3 Å². The average Bonchev–Trinajstić information content (AvgIpc) is 2.76. The van der Waals surface area contributed by atoms with Crippen LogP contribution in [0.4, 0.5) is 0 Å². The van der Waals surface area contributed by atoms with E-state index in [2.05, 4.69) is 5.32 Å². The van der Waals surface area contributed by atoms with Gasteiger partial charge in [0.25, 0.3) is 0 Å². The van der Waals surface area contributed by atoms with Crippen LogP contribution in [0.2, 0.25) is 20.1 Å². The second-order valence-electron chi connectivity index (χ2n) is 7.51. The summed E-state index contributed by atoms with van der Waals surface area (Å²) in [6, 6.07) is 9.98. The molecule has 0 saturated carbocycles. The molecule has 0 fully saturated rings. The summed E-state index contributed by atoms with van der Waals surface area (Å²) in [5.41, 5.74) is 1.77. The van der Waals surface area contributed by atoms with Gasteiger partial charge in [0.05, 0.1) is 25.8 Å². The predicted octanol–water partition coefficient (Wildman–Crippen LogP) is 6.87. The molecule has 0 bridgehead atoms. The minimum Gasteiger partial charge on any atom is -0.352 e.